The van der Waals surface area contributed by atoms with E-state index < -0.39 is 10.0 Å². The number of ketones is 1. The summed E-state index contributed by atoms with van der Waals surface area (Å²) >= 11 is 1.31. The molecule has 4 rings (SSSR count). The molecule has 1 aromatic heterocycles. The number of benzene rings is 1. The molecule has 0 unspecified atom stereocenters. The second-order valence-corrected chi connectivity index (χ2v) is 9.37. The number of thioether (sulfide) groups is 1. The van der Waals surface area contributed by atoms with Gasteiger partial charge >= 0.3 is 0 Å². The lowest BCUT2D eigenvalue weighted by Gasteiger charge is -2.15. The SMILES string of the molecule is O=C(CSc1nnnn1C1CC1)c1ccc(S(=O)(=O)N2CCCC2)cc1. The average molecular weight is 393 g/mol. The molecule has 2 aromatic rings. The Hall–Kier alpha value is -1.78. The van der Waals surface area contributed by atoms with Crippen molar-refractivity contribution in [3.8, 4) is 0 Å². The maximum Gasteiger partial charge on any atom is 0.243 e. The Balaban J connectivity index is 1.41. The summed E-state index contributed by atoms with van der Waals surface area (Å²) in [6.45, 7) is 1.13. The van der Waals surface area contributed by atoms with Crippen LogP contribution in [0.4, 0.5) is 0 Å². The summed E-state index contributed by atoms with van der Waals surface area (Å²) in [6.07, 6.45) is 3.93. The van der Waals surface area contributed by atoms with Gasteiger partial charge in [-0.1, -0.05) is 23.9 Å². The summed E-state index contributed by atoms with van der Waals surface area (Å²) in [4.78, 5) is 12.6. The molecule has 2 fully saturated rings. The van der Waals surface area contributed by atoms with Gasteiger partial charge in [0, 0.05) is 18.7 Å². The van der Waals surface area contributed by atoms with Crippen LogP contribution in [0.1, 0.15) is 42.1 Å². The van der Waals surface area contributed by atoms with Crippen LogP contribution in [0, 0.1) is 0 Å². The number of carbonyl (C=O) groups excluding carboxylic acids is 1. The third kappa shape index (κ3) is 3.53. The van der Waals surface area contributed by atoms with Gasteiger partial charge in [-0.15, -0.1) is 5.10 Å². The first-order valence-electron chi connectivity index (χ1n) is 8.60. The number of tetrazole rings is 1. The third-order valence-corrected chi connectivity index (χ3v) is 7.41. The molecule has 1 saturated heterocycles. The molecule has 0 N–H and O–H groups in total. The second kappa shape index (κ2) is 7.09. The van der Waals surface area contributed by atoms with Gasteiger partial charge in [-0.05, 0) is 48.2 Å². The minimum atomic E-state index is -3.45. The molecule has 0 amide bonds. The molecule has 26 heavy (non-hydrogen) atoms. The fourth-order valence-electron chi connectivity index (χ4n) is 2.93. The fraction of sp³-hybridized carbons (Fsp3) is 0.500. The molecule has 8 nitrogen and oxygen atoms in total. The van der Waals surface area contributed by atoms with Crippen LogP contribution in [0.2, 0.25) is 0 Å². The number of sulfonamides is 1. The molecule has 1 aliphatic carbocycles. The van der Waals surface area contributed by atoms with E-state index in [0.29, 0.717) is 29.9 Å². The molecule has 2 aliphatic rings. The number of rotatable bonds is 7. The highest BCUT2D eigenvalue weighted by molar-refractivity contribution is 7.99. The van der Waals surface area contributed by atoms with Gasteiger partial charge in [-0.2, -0.15) is 4.31 Å². The van der Waals surface area contributed by atoms with Crippen molar-refractivity contribution in [2.24, 2.45) is 0 Å². The largest absolute Gasteiger partial charge is 0.293 e. The molecule has 0 spiro atoms. The Morgan fingerprint density at radius 1 is 1.15 bits per heavy atom. The van der Waals surface area contributed by atoms with Crippen molar-refractivity contribution in [3.05, 3.63) is 29.8 Å². The van der Waals surface area contributed by atoms with Crippen LogP contribution < -0.4 is 0 Å². The van der Waals surface area contributed by atoms with Crippen molar-refractivity contribution >= 4 is 27.6 Å². The van der Waals surface area contributed by atoms with Crippen LogP contribution in [0.3, 0.4) is 0 Å². The Labute approximate surface area is 156 Å². The lowest BCUT2D eigenvalue weighted by atomic mass is 10.1. The Morgan fingerprint density at radius 2 is 1.85 bits per heavy atom. The van der Waals surface area contributed by atoms with Crippen molar-refractivity contribution < 1.29 is 13.2 Å². The lowest BCUT2D eigenvalue weighted by molar-refractivity contribution is 0.102. The Morgan fingerprint density at radius 3 is 2.50 bits per heavy atom. The summed E-state index contributed by atoms with van der Waals surface area (Å²) in [6, 6.07) is 6.54. The third-order valence-electron chi connectivity index (χ3n) is 4.57. The maximum absolute atomic E-state index is 12.5. The monoisotopic (exact) mass is 393 g/mol. The van der Waals surface area contributed by atoms with E-state index in [-0.39, 0.29) is 16.4 Å². The number of hydrogen-bond donors (Lipinski definition) is 0. The molecule has 2 heterocycles. The average Bonchev–Trinajstić information content (AvgIpc) is 3.13. The minimum absolute atomic E-state index is 0.0783. The Kier molecular flexibility index (Phi) is 4.80. The van der Waals surface area contributed by atoms with Crippen molar-refractivity contribution in [1.29, 1.82) is 0 Å². The van der Waals surface area contributed by atoms with Crippen LogP contribution in [0.5, 0.6) is 0 Å². The van der Waals surface area contributed by atoms with E-state index >= 15 is 0 Å². The van der Waals surface area contributed by atoms with Crippen LogP contribution in [0.15, 0.2) is 34.3 Å². The minimum Gasteiger partial charge on any atom is -0.293 e. The van der Waals surface area contributed by atoms with E-state index in [1.54, 1.807) is 16.8 Å². The van der Waals surface area contributed by atoms with Gasteiger partial charge < -0.3 is 0 Å². The number of Topliss-reactive ketones (excluding diaryl/α,β-unsaturated/α-hetero) is 1. The highest BCUT2D eigenvalue weighted by atomic mass is 32.2. The van der Waals surface area contributed by atoms with E-state index in [1.807, 2.05) is 0 Å². The first-order valence-corrected chi connectivity index (χ1v) is 11.0. The summed E-state index contributed by atoms with van der Waals surface area (Å²) in [7, 11) is -3.45. The number of carbonyl (C=O) groups is 1. The molecular weight excluding hydrogens is 374 g/mol. The van der Waals surface area contributed by atoms with E-state index in [2.05, 4.69) is 15.5 Å². The Bertz CT molecular complexity index is 900. The molecule has 1 aromatic carbocycles. The molecule has 1 saturated carbocycles. The van der Waals surface area contributed by atoms with E-state index in [1.165, 1.54) is 28.2 Å². The number of aromatic nitrogens is 4. The first-order chi connectivity index (χ1) is 12.6. The van der Waals surface area contributed by atoms with Crippen molar-refractivity contribution in [1.82, 2.24) is 24.5 Å². The van der Waals surface area contributed by atoms with Crippen molar-refractivity contribution in [2.45, 2.75) is 41.8 Å². The maximum atomic E-state index is 12.5. The van der Waals surface area contributed by atoms with E-state index in [9.17, 15) is 13.2 Å². The van der Waals surface area contributed by atoms with Crippen molar-refractivity contribution in [3.63, 3.8) is 0 Å². The molecule has 0 bridgehead atoms. The molecular formula is C16H19N5O3S2. The van der Waals surface area contributed by atoms with E-state index in [4.69, 9.17) is 0 Å². The van der Waals surface area contributed by atoms with Crippen LogP contribution in [0.25, 0.3) is 0 Å². The molecule has 0 atom stereocenters. The molecule has 10 heteroatoms. The van der Waals surface area contributed by atoms with Crippen molar-refractivity contribution in [2.75, 3.05) is 18.8 Å². The summed E-state index contributed by atoms with van der Waals surface area (Å²) in [5, 5.41) is 12.2. The topological polar surface area (TPSA) is 98.0 Å². The number of hydrogen-bond acceptors (Lipinski definition) is 7. The van der Waals surface area contributed by atoms with Gasteiger partial charge in [0.15, 0.2) is 5.78 Å². The van der Waals surface area contributed by atoms with Crippen LogP contribution in [-0.2, 0) is 10.0 Å². The lowest BCUT2D eigenvalue weighted by Crippen LogP contribution is -2.27. The van der Waals surface area contributed by atoms with Crippen LogP contribution in [-0.4, -0.2) is 57.6 Å². The predicted octanol–water partition coefficient (Wildman–Crippen LogP) is 1.77. The summed E-state index contributed by atoms with van der Waals surface area (Å²) in [5.74, 6) is 0.135. The van der Waals surface area contributed by atoms with Gasteiger partial charge in [0.25, 0.3) is 0 Å². The normalized spacial score (nSPS) is 18.3. The predicted molar refractivity (Wildman–Crippen MR) is 95.6 cm³/mol. The smallest absolute Gasteiger partial charge is 0.243 e. The summed E-state index contributed by atoms with van der Waals surface area (Å²) < 4.78 is 28.3. The molecule has 1 aliphatic heterocycles. The van der Waals surface area contributed by atoms with Gasteiger partial charge in [-0.3, -0.25) is 4.79 Å². The van der Waals surface area contributed by atoms with Gasteiger partial charge in [0.05, 0.1) is 16.7 Å². The van der Waals surface area contributed by atoms with Gasteiger partial charge in [0.2, 0.25) is 15.2 Å². The van der Waals surface area contributed by atoms with Crippen LogP contribution >= 0.6 is 11.8 Å². The zero-order chi connectivity index (χ0) is 18.1. The van der Waals surface area contributed by atoms with Gasteiger partial charge in [-0.25, -0.2) is 13.1 Å². The standard InChI is InChI=1S/C16H19N5O3S2/c22-15(11-25-16-17-18-19-21(16)13-5-6-13)12-3-7-14(8-4-12)26(23,24)20-9-1-2-10-20/h3-4,7-8,13H,1-2,5-6,9-11H2. The number of nitrogens with zero attached hydrogens (tertiary/aromatic N) is 5. The van der Waals surface area contributed by atoms with Gasteiger partial charge in [0.1, 0.15) is 0 Å². The zero-order valence-corrected chi connectivity index (χ0v) is 15.7. The highest BCUT2D eigenvalue weighted by Crippen LogP contribution is 2.36. The molecule has 138 valence electrons. The quantitative estimate of drug-likeness (QED) is 0.522. The second-order valence-electron chi connectivity index (χ2n) is 6.48. The molecule has 0 radical (unpaired) electrons. The summed E-state index contributed by atoms with van der Waals surface area (Å²) in [5.41, 5.74) is 0.489. The first kappa shape index (κ1) is 17.6. The zero-order valence-electron chi connectivity index (χ0n) is 14.1. The highest BCUT2D eigenvalue weighted by Gasteiger charge is 2.29. The fourth-order valence-corrected chi connectivity index (χ4v) is 5.29. The van der Waals surface area contributed by atoms with E-state index in [0.717, 1.165) is 25.7 Å².